The van der Waals surface area contributed by atoms with Crippen LogP contribution >= 0.6 is 11.3 Å². The monoisotopic (exact) mass is 325 g/mol. The molecule has 118 valence electrons. The molecular weight excluding hydrogens is 306 g/mol. The Morgan fingerprint density at radius 2 is 1.83 bits per heavy atom. The van der Waals surface area contributed by atoms with Crippen LogP contribution in [0.1, 0.15) is 30.9 Å². The molecule has 3 aromatic rings. The van der Waals surface area contributed by atoms with Crippen molar-refractivity contribution in [3.05, 3.63) is 53.6 Å². The average molecular weight is 325 g/mol. The fraction of sp³-hybridized carbons (Fsp3) is 0.222. The van der Waals surface area contributed by atoms with E-state index in [9.17, 15) is 4.79 Å². The third-order valence-electron chi connectivity index (χ3n) is 3.60. The minimum absolute atomic E-state index is 0.280. The Balaban J connectivity index is 1.68. The van der Waals surface area contributed by atoms with Gasteiger partial charge in [0.2, 0.25) is 0 Å². The van der Waals surface area contributed by atoms with Gasteiger partial charge in [0.05, 0.1) is 10.2 Å². The van der Waals surface area contributed by atoms with Crippen LogP contribution in [0.3, 0.4) is 0 Å². The first-order chi connectivity index (χ1) is 11.0. The number of carbonyl (C=O) groups is 1. The number of aryl methyl sites for hydroxylation is 1. The van der Waals surface area contributed by atoms with E-state index in [1.165, 1.54) is 22.5 Å². The van der Waals surface area contributed by atoms with Crippen LogP contribution < -0.4 is 10.6 Å². The smallest absolute Gasteiger partial charge is 0.308 e. The van der Waals surface area contributed by atoms with Crippen LogP contribution in [0.15, 0.2) is 42.5 Å². The molecule has 0 saturated carbocycles. The maximum atomic E-state index is 12.1. The molecule has 0 saturated heterocycles. The number of carbonyl (C=O) groups excluding carboxylic acids is 1. The van der Waals surface area contributed by atoms with Crippen molar-refractivity contribution < 1.29 is 4.79 Å². The third-order valence-corrected chi connectivity index (χ3v) is 4.53. The van der Waals surface area contributed by atoms with Gasteiger partial charge in [-0.05, 0) is 48.2 Å². The van der Waals surface area contributed by atoms with Gasteiger partial charge in [-0.1, -0.05) is 43.4 Å². The number of urea groups is 1. The lowest BCUT2D eigenvalue weighted by atomic mass is 10.0. The highest BCUT2D eigenvalue weighted by Crippen LogP contribution is 2.26. The Morgan fingerprint density at radius 3 is 2.52 bits per heavy atom. The molecule has 0 aliphatic carbocycles. The van der Waals surface area contributed by atoms with Crippen LogP contribution in [0.5, 0.6) is 0 Å². The Labute approximate surface area is 139 Å². The molecule has 0 spiro atoms. The predicted octanol–water partition coefficient (Wildman–Crippen LogP) is 5.37. The summed E-state index contributed by atoms with van der Waals surface area (Å²) in [5, 5.41) is 6.22. The third kappa shape index (κ3) is 3.68. The van der Waals surface area contributed by atoms with Gasteiger partial charge in [0, 0.05) is 5.69 Å². The van der Waals surface area contributed by atoms with Gasteiger partial charge in [0.15, 0.2) is 5.13 Å². The molecule has 0 atom stereocenters. The van der Waals surface area contributed by atoms with Crippen molar-refractivity contribution >= 4 is 38.4 Å². The molecule has 0 aliphatic rings. The molecule has 2 aromatic carbocycles. The molecule has 23 heavy (non-hydrogen) atoms. The zero-order chi connectivity index (χ0) is 16.4. The zero-order valence-corrected chi connectivity index (χ0v) is 14.2. The van der Waals surface area contributed by atoms with Crippen molar-refractivity contribution in [1.29, 1.82) is 0 Å². The van der Waals surface area contributed by atoms with Gasteiger partial charge in [-0.25, -0.2) is 9.78 Å². The van der Waals surface area contributed by atoms with E-state index >= 15 is 0 Å². The highest BCUT2D eigenvalue weighted by molar-refractivity contribution is 7.22. The van der Waals surface area contributed by atoms with Crippen LogP contribution in [0.4, 0.5) is 15.6 Å². The second-order valence-electron chi connectivity index (χ2n) is 5.85. The van der Waals surface area contributed by atoms with E-state index in [0.29, 0.717) is 11.0 Å². The predicted molar refractivity (Wildman–Crippen MR) is 97.5 cm³/mol. The van der Waals surface area contributed by atoms with Crippen molar-refractivity contribution in [3.8, 4) is 0 Å². The van der Waals surface area contributed by atoms with Gasteiger partial charge in [-0.2, -0.15) is 0 Å². The molecule has 0 bridgehead atoms. The van der Waals surface area contributed by atoms with Crippen LogP contribution in [0.2, 0.25) is 0 Å². The van der Waals surface area contributed by atoms with Gasteiger partial charge < -0.3 is 5.32 Å². The van der Waals surface area contributed by atoms with E-state index in [2.05, 4.69) is 35.5 Å². The maximum absolute atomic E-state index is 12.1. The molecule has 2 N–H and O–H groups in total. The summed E-state index contributed by atoms with van der Waals surface area (Å²) in [7, 11) is 0. The van der Waals surface area contributed by atoms with Crippen LogP contribution in [-0.2, 0) is 0 Å². The van der Waals surface area contributed by atoms with Gasteiger partial charge in [0.1, 0.15) is 0 Å². The molecule has 0 fully saturated rings. The quantitative estimate of drug-likeness (QED) is 0.680. The molecule has 1 aromatic heterocycles. The van der Waals surface area contributed by atoms with Crippen LogP contribution in [-0.4, -0.2) is 11.0 Å². The highest BCUT2D eigenvalue weighted by atomic mass is 32.1. The number of amides is 2. The summed E-state index contributed by atoms with van der Waals surface area (Å²) in [6.07, 6.45) is 0. The minimum atomic E-state index is -0.280. The topological polar surface area (TPSA) is 54.0 Å². The fourth-order valence-electron chi connectivity index (χ4n) is 2.30. The Kier molecular flexibility index (Phi) is 4.30. The number of anilines is 2. The Morgan fingerprint density at radius 1 is 1.09 bits per heavy atom. The first-order valence-corrected chi connectivity index (χ1v) is 8.38. The number of nitrogens with zero attached hydrogens (tertiary/aromatic N) is 1. The number of benzene rings is 2. The number of hydrogen-bond acceptors (Lipinski definition) is 3. The Hall–Kier alpha value is -2.40. The summed E-state index contributed by atoms with van der Waals surface area (Å²) >= 11 is 1.47. The van der Waals surface area contributed by atoms with E-state index in [4.69, 9.17) is 0 Å². The summed E-state index contributed by atoms with van der Waals surface area (Å²) < 4.78 is 1.07. The van der Waals surface area contributed by atoms with Crippen molar-refractivity contribution in [2.45, 2.75) is 26.7 Å². The maximum Gasteiger partial charge on any atom is 0.325 e. The summed E-state index contributed by atoms with van der Waals surface area (Å²) in [6.45, 7) is 6.33. The molecule has 5 heteroatoms. The molecule has 1 heterocycles. The van der Waals surface area contributed by atoms with E-state index < -0.39 is 0 Å². The van der Waals surface area contributed by atoms with E-state index in [1.54, 1.807) is 0 Å². The summed E-state index contributed by atoms with van der Waals surface area (Å²) in [5.41, 5.74) is 4.10. The number of aromatic nitrogens is 1. The second kappa shape index (κ2) is 6.38. The fourth-order valence-corrected chi connectivity index (χ4v) is 3.26. The number of fused-ring (bicyclic) bond motifs is 1. The average Bonchev–Trinajstić information content (AvgIpc) is 2.88. The van der Waals surface area contributed by atoms with Crippen molar-refractivity contribution in [2.24, 2.45) is 0 Å². The summed E-state index contributed by atoms with van der Waals surface area (Å²) in [5.74, 6) is 0.476. The molecular formula is C18H19N3OS. The van der Waals surface area contributed by atoms with Gasteiger partial charge in [0.25, 0.3) is 0 Å². The van der Waals surface area contributed by atoms with Crippen molar-refractivity contribution in [3.63, 3.8) is 0 Å². The van der Waals surface area contributed by atoms with Crippen LogP contribution in [0.25, 0.3) is 10.2 Å². The first-order valence-electron chi connectivity index (χ1n) is 7.56. The standard InChI is InChI=1S/C18H19N3OS/c1-11(2)13-5-7-14(8-6-13)19-17(22)21-18-20-15-9-4-12(3)10-16(15)23-18/h4-11H,1-3H3,(H2,19,20,21,22). The Bertz CT molecular complexity index is 837. The molecule has 0 unspecified atom stereocenters. The highest BCUT2D eigenvalue weighted by Gasteiger charge is 2.08. The largest absolute Gasteiger partial charge is 0.325 e. The number of rotatable bonds is 3. The SMILES string of the molecule is Cc1ccc2nc(NC(=O)Nc3ccc(C(C)C)cc3)sc2c1. The molecule has 0 aliphatic heterocycles. The summed E-state index contributed by atoms with van der Waals surface area (Å²) in [4.78, 5) is 16.5. The van der Waals surface area contributed by atoms with E-state index in [0.717, 1.165) is 15.9 Å². The van der Waals surface area contributed by atoms with Gasteiger partial charge in [-0.3, -0.25) is 5.32 Å². The second-order valence-corrected chi connectivity index (χ2v) is 6.88. The molecule has 4 nitrogen and oxygen atoms in total. The number of thiazole rings is 1. The van der Waals surface area contributed by atoms with Crippen LogP contribution in [0, 0.1) is 6.92 Å². The van der Waals surface area contributed by atoms with Gasteiger partial charge >= 0.3 is 6.03 Å². The lowest BCUT2D eigenvalue weighted by Crippen LogP contribution is -2.19. The van der Waals surface area contributed by atoms with E-state index in [1.807, 2.05) is 43.3 Å². The summed E-state index contributed by atoms with van der Waals surface area (Å²) in [6, 6.07) is 13.7. The first kappa shape index (κ1) is 15.5. The lowest BCUT2D eigenvalue weighted by Gasteiger charge is -2.08. The lowest BCUT2D eigenvalue weighted by molar-refractivity contribution is 0.262. The minimum Gasteiger partial charge on any atom is -0.308 e. The molecule has 2 amide bonds. The molecule has 0 radical (unpaired) electrons. The van der Waals surface area contributed by atoms with Crippen molar-refractivity contribution in [1.82, 2.24) is 4.98 Å². The van der Waals surface area contributed by atoms with Gasteiger partial charge in [-0.15, -0.1) is 0 Å². The zero-order valence-electron chi connectivity index (χ0n) is 13.4. The number of hydrogen-bond donors (Lipinski definition) is 2. The normalized spacial score (nSPS) is 11.0. The van der Waals surface area contributed by atoms with Crippen molar-refractivity contribution in [2.75, 3.05) is 10.6 Å². The molecule has 3 rings (SSSR count). The number of nitrogens with one attached hydrogen (secondary N) is 2. The van der Waals surface area contributed by atoms with E-state index in [-0.39, 0.29) is 6.03 Å².